The Morgan fingerprint density at radius 1 is 1.21 bits per heavy atom. The van der Waals surface area contributed by atoms with Gasteiger partial charge in [0.2, 0.25) is 0 Å². The summed E-state index contributed by atoms with van der Waals surface area (Å²) in [6.07, 6.45) is 1.66. The largest absolute Gasteiger partial charge is 0.354 e. The van der Waals surface area contributed by atoms with Gasteiger partial charge >= 0.3 is 0 Å². The van der Waals surface area contributed by atoms with Gasteiger partial charge in [0.05, 0.1) is 0 Å². The van der Waals surface area contributed by atoms with Gasteiger partial charge in [-0.25, -0.2) is 9.97 Å². The number of nitrogens with zero attached hydrogens (tertiary/aromatic N) is 3. The minimum absolute atomic E-state index is 0.0797. The monoisotopic (exact) mass is 342 g/mol. The van der Waals surface area contributed by atoms with Crippen molar-refractivity contribution in [3.63, 3.8) is 0 Å². The van der Waals surface area contributed by atoms with Gasteiger partial charge in [-0.2, -0.15) is 11.8 Å². The van der Waals surface area contributed by atoms with Crippen molar-refractivity contribution in [2.45, 2.75) is 19.9 Å². The average molecular weight is 342 g/mol. The van der Waals surface area contributed by atoms with E-state index in [1.54, 1.807) is 6.20 Å². The van der Waals surface area contributed by atoms with Crippen molar-refractivity contribution in [3.05, 3.63) is 42.1 Å². The minimum Gasteiger partial charge on any atom is -0.354 e. The molecule has 0 saturated carbocycles. The van der Waals surface area contributed by atoms with Crippen molar-refractivity contribution in [3.8, 4) is 11.4 Å². The molecule has 1 amide bonds. The molecule has 0 bridgehead atoms. The molecule has 1 aliphatic rings. The first-order valence-corrected chi connectivity index (χ1v) is 9.36. The Kier molecular flexibility index (Phi) is 5.35. The van der Waals surface area contributed by atoms with E-state index in [2.05, 4.69) is 15.2 Å². The van der Waals surface area contributed by atoms with Crippen LogP contribution in [0.3, 0.4) is 0 Å². The van der Waals surface area contributed by atoms with E-state index in [1.165, 1.54) is 0 Å². The van der Waals surface area contributed by atoms with Crippen LogP contribution in [0.2, 0.25) is 0 Å². The molecule has 2 heterocycles. The first-order valence-electron chi connectivity index (χ1n) is 8.21. The minimum atomic E-state index is -0.113. The standard InChI is InChI=1S/C18H22N4OS/c1-13(2)20-18(23)15-12-19-16(14-6-4-3-5-7-14)21-17(15)22-8-10-24-11-9-22/h3-7,12-13H,8-11H2,1-2H3,(H,20,23). The number of hydrogen-bond acceptors (Lipinski definition) is 5. The fraction of sp³-hybridized carbons (Fsp3) is 0.389. The van der Waals surface area contributed by atoms with Crippen LogP contribution in [0.1, 0.15) is 24.2 Å². The van der Waals surface area contributed by atoms with Crippen LogP contribution in [0.15, 0.2) is 36.5 Å². The molecule has 2 aromatic rings. The summed E-state index contributed by atoms with van der Waals surface area (Å²) >= 11 is 1.93. The lowest BCUT2D eigenvalue weighted by Gasteiger charge is -2.29. The van der Waals surface area contributed by atoms with Gasteiger partial charge in [-0.15, -0.1) is 0 Å². The smallest absolute Gasteiger partial charge is 0.256 e. The highest BCUT2D eigenvalue weighted by molar-refractivity contribution is 7.99. The Morgan fingerprint density at radius 2 is 1.92 bits per heavy atom. The summed E-state index contributed by atoms with van der Waals surface area (Å²) in [6, 6.07) is 9.95. The predicted molar refractivity (Wildman–Crippen MR) is 99.6 cm³/mol. The molecule has 0 atom stereocenters. The number of rotatable bonds is 4. The van der Waals surface area contributed by atoms with Crippen LogP contribution >= 0.6 is 11.8 Å². The number of carbonyl (C=O) groups is 1. The van der Waals surface area contributed by atoms with Crippen LogP contribution in [0.25, 0.3) is 11.4 Å². The Balaban J connectivity index is 2.00. The zero-order chi connectivity index (χ0) is 16.9. The number of thioether (sulfide) groups is 1. The molecule has 1 aromatic carbocycles. The number of anilines is 1. The third-order valence-electron chi connectivity index (χ3n) is 3.78. The van der Waals surface area contributed by atoms with E-state index in [0.717, 1.165) is 36.0 Å². The second kappa shape index (κ2) is 7.66. The quantitative estimate of drug-likeness (QED) is 0.926. The molecular formula is C18H22N4OS. The van der Waals surface area contributed by atoms with Gasteiger partial charge < -0.3 is 10.2 Å². The fourth-order valence-electron chi connectivity index (χ4n) is 2.62. The highest BCUT2D eigenvalue weighted by Crippen LogP contribution is 2.24. The van der Waals surface area contributed by atoms with E-state index in [4.69, 9.17) is 4.98 Å². The summed E-state index contributed by atoms with van der Waals surface area (Å²) in [7, 11) is 0. The van der Waals surface area contributed by atoms with Gasteiger partial charge in [0.15, 0.2) is 5.82 Å². The van der Waals surface area contributed by atoms with E-state index in [0.29, 0.717) is 11.4 Å². The number of aromatic nitrogens is 2. The molecule has 1 aromatic heterocycles. The van der Waals surface area contributed by atoms with Crippen molar-refractivity contribution in [2.24, 2.45) is 0 Å². The van der Waals surface area contributed by atoms with E-state index in [1.807, 2.05) is 55.9 Å². The van der Waals surface area contributed by atoms with Crippen LogP contribution in [0.4, 0.5) is 5.82 Å². The molecule has 0 aliphatic carbocycles. The highest BCUT2D eigenvalue weighted by Gasteiger charge is 2.22. The van der Waals surface area contributed by atoms with Gasteiger partial charge in [-0.3, -0.25) is 4.79 Å². The first kappa shape index (κ1) is 16.8. The lowest BCUT2D eigenvalue weighted by Crippen LogP contribution is -2.37. The summed E-state index contributed by atoms with van der Waals surface area (Å²) in [6.45, 7) is 5.71. The first-order chi connectivity index (χ1) is 11.6. The molecule has 0 unspecified atom stereocenters. The van der Waals surface area contributed by atoms with Gasteiger partial charge in [-0.1, -0.05) is 30.3 Å². The summed E-state index contributed by atoms with van der Waals surface area (Å²) < 4.78 is 0. The third kappa shape index (κ3) is 3.87. The maximum absolute atomic E-state index is 12.5. The van der Waals surface area contributed by atoms with Crippen LogP contribution < -0.4 is 10.2 Å². The lowest BCUT2D eigenvalue weighted by atomic mass is 10.2. The molecule has 3 rings (SSSR count). The number of benzene rings is 1. The summed E-state index contributed by atoms with van der Waals surface area (Å²) in [5.41, 5.74) is 1.51. The number of carbonyl (C=O) groups excluding carboxylic acids is 1. The number of amides is 1. The molecule has 24 heavy (non-hydrogen) atoms. The maximum atomic E-state index is 12.5. The molecule has 1 aliphatic heterocycles. The molecule has 1 saturated heterocycles. The van der Waals surface area contributed by atoms with Crippen molar-refractivity contribution in [1.29, 1.82) is 0 Å². The Bertz CT molecular complexity index is 699. The Hall–Kier alpha value is -2.08. The maximum Gasteiger partial charge on any atom is 0.256 e. The van der Waals surface area contributed by atoms with Crippen molar-refractivity contribution >= 4 is 23.5 Å². The van der Waals surface area contributed by atoms with E-state index >= 15 is 0 Å². The van der Waals surface area contributed by atoms with Gasteiger partial charge in [0.1, 0.15) is 11.4 Å². The molecular weight excluding hydrogens is 320 g/mol. The second-order valence-corrected chi connectivity index (χ2v) is 7.25. The zero-order valence-electron chi connectivity index (χ0n) is 14.0. The Labute approximate surface area is 146 Å². The second-order valence-electron chi connectivity index (χ2n) is 6.02. The molecule has 1 N–H and O–H groups in total. The summed E-state index contributed by atoms with van der Waals surface area (Å²) in [5.74, 6) is 3.39. The molecule has 0 radical (unpaired) electrons. The third-order valence-corrected chi connectivity index (χ3v) is 4.72. The Morgan fingerprint density at radius 3 is 2.58 bits per heavy atom. The highest BCUT2D eigenvalue weighted by atomic mass is 32.2. The number of hydrogen-bond donors (Lipinski definition) is 1. The molecule has 5 nitrogen and oxygen atoms in total. The van der Waals surface area contributed by atoms with Crippen LogP contribution in [0.5, 0.6) is 0 Å². The predicted octanol–water partition coefficient (Wildman–Crippen LogP) is 2.84. The summed E-state index contributed by atoms with van der Waals surface area (Å²) in [5, 5.41) is 2.95. The van der Waals surface area contributed by atoms with Crippen LogP contribution in [0, 0.1) is 0 Å². The SMILES string of the molecule is CC(C)NC(=O)c1cnc(-c2ccccc2)nc1N1CCSCC1. The average Bonchev–Trinajstić information content (AvgIpc) is 2.62. The molecule has 126 valence electrons. The van der Waals surface area contributed by atoms with Gasteiger partial charge in [-0.05, 0) is 13.8 Å². The van der Waals surface area contributed by atoms with Gasteiger partial charge in [0, 0.05) is 42.4 Å². The topological polar surface area (TPSA) is 58.1 Å². The van der Waals surface area contributed by atoms with Crippen molar-refractivity contribution in [1.82, 2.24) is 15.3 Å². The zero-order valence-corrected chi connectivity index (χ0v) is 14.8. The lowest BCUT2D eigenvalue weighted by molar-refractivity contribution is 0.0943. The van der Waals surface area contributed by atoms with E-state index in [9.17, 15) is 4.79 Å². The summed E-state index contributed by atoms with van der Waals surface area (Å²) in [4.78, 5) is 23.9. The number of nitrogens with one attached hydrogen (secondary N) is 1. The van der Waals surface area contributed by atoms with Gasteiger partial charge in [0.25, 0.3) is 5.91 Å². The van der Waals surface area contributed by atoms with Crippen LogP contribution in [-0.2, 0) is 0 Å². The van der Waals surface area contributed by atoms with Crippen molar-refractivity contribution < 1.29 is 4.79 Å². The normalized spacial score (nSPS) is 14.7. The van der Waals surface area contributed by atoms with E-state index in [-0.39, 0.29) is 11.9 Å². The molecule has 6 heteroatoms. The fourth-order valence-corrected chi connectivity index (χ4v) is 3.52. The van der Waals surface area contributed by atoms with Crippen LogP contribution in [-0.4, -0.2) is 46.5 Å². The molecule has 1 fully saturated rings. The molecule has 0 spiro atoms. The van der Waals surface area contributed by atoms with Crippen molar-refractivity contribution in [2.75, 3.05) is 29.5 Å². The van der Waals surface area contributed by atoms with E-state index < -0.39 is 0 Å².